The van der Waals surface area contributed by atoms with E-state index in [4.69, 9.17) is 5.11 Å². The van der Waals surface area contributed by atoms with E-state index in [2.05, 4.69) is 15.0 Å². The second kappa shape index (κ2) is 5.14. The van der Waals surface area contributed by atoms with Crippen molar-refractivity contribution in [2.75, 3.05) is 6.54 Å². The lowest BCUT2D eigenvalue weighted by Gasteiger charge is -2.09. The van der Waals surface area contributed by atoms with Crippen LogP contribution in [0.5, 0.6) is 0 Å². The van der Waals surface area contributed by atoms with Gasteiger partial charge in [0.25, 0.3) is 5.91 Å². The highest BCUT2D eigenvalue weighted by molar-refractivity contribution is 5.91. The molecule has 0 aromatic carbocycles. The number of carboxylic acids is 1. The highest BCUT2D eigenvalue weighted by atomic mass is 16.5. The van der Waals surface area contributed by atoms with E-state index in [1.807, 2.05) is 0 Å². The van der Waals surface area contributed by atoms with Crippen molar-refractivity contribution in [3.63, 3.8) is 0 Å². The van der Waals surface area contributed by atoms with Crippen molar-refractivity contribution >= 4 is 11.9 Å². The van der Waals surface area contributed by atoms with Gasteiger partial charge in [-0.3, -0.25) is 9.59 Å². The SMILES string of the molecule is CCC(CNC(=O)c1ccno1)C(=O)O. The maximum Gasteiger partial charge on any atom is 0.308 e. The lowest BCUT2D eigenvalue weighted by Crippen LogP contribution is -2.32. The molecular formula is C9H12N2O4. The van der Waals surface area contributed by atoms with Crippen LogP contribution >= 0.6 is 0 Å². The fourth-order valence-corrected chi connectivity index (χ4v) is 1.04. The summed E-state index contributed by atoms with van der Waals surface area (Å²) < 4.78 is 4.61. The smallest absolute Gasteiger partial charge is 0.308 e. The molecule has 0 spiro atoms. The number of rotatable bonds is 5. The molecule has 15 heavy (non-hydrogen) atoms. The fourth-order valence-electron chi connectivity index (χ4n) is 1.04. The van der Waals surface area contributed by atoms with Crippen molar-refractivity contribution in [1.29, 1.82) is 0 Å². The van der Waals surface area contributed by atoms with Crippen molar-refractivity contribution in [3.05, 3.63) is 18.0 Å². The van der Waals surface area contributed by atoms with Gasteiger partial charge in [0.2, 0.25) is 5.76 Å². The van der Waals surface area contributed by atoms with E-state index >= 15 is 0 Å². The second-order valence-electron chi connectivity index (χ2n) is 3.03. The molecule has 0 fully saturated rings. The van der Waals surface area contributed by atoms with Crippen molar-refractivity contribution < 1.29 is 19.2 Å². The number of hydrogen-bond acceptors (Lipinski definition) is 4. The minimum absolute atomic E-state index is 0.0789. The Morgan fingerprint density at radius 3 is 2.87 bits per heavy atom. The molecule has 82 valence electrons. The van der Waals surface area contributed by atoms with Crippen LogP contribution in [0.4, 0.5) is 0 Å². The third kappa shape index (κ3) is 3.08. The maximum atomic E-state index is 11.3. The average molecular weight is 212 g/mol. The summed E-state index contributed by atoms with van der Waals surface area (Å²) in [6.07, 6.45) is 1.81. The maximum absolute atomic E-state index is 11.3. The summed E-state index contributed by atoms with van der Waals surface area (Å²) in [6.45, 7) is 1.84. The van der Waals surface area contributed by atoms with E-state index in [0.717, 1.165) is 0 Å². The summed E-state index contributed by atoms with van der Waals surface area (Å²) in [5, 5.41) is 14.6. The van der Waals surface area contributed by atoms with E-state index in [1.54, 1.807) is 6.92 Å². The molecule has 6 heteroatoms. The topological polar surface area (TPSA) is 92.4 Å². The van der Waals surface area contributed by atoms with Crippen LogP contribution in [0, 0.1) is 5.92 Å². The number of aliphatic carboxylic acids is 1. The molecule has 2 N–H and O–H groups in total. The standard InChI is InChI=1S/C9H12N2O4/c1-2-6(9(13)14)5-10-8(12)7-3-4-11-15-7/h3-4,6H,2,5H2,1H3,(H,10,12)(H,13,14). The zero-order valence-corrected chi connectivity index (χ0v) is 8.27. The van der Waals surface area contributed by atoms with Crippen LogP contribution in [0.15, 0.2) is 16.8 Å². The van der Waals surface area contributed by atoms with E-state index in [9.17, 15) is 9.59 Å². The monoisotopic (exact) mass is 212 g/mol. The van der Waals surface area contributed by atoms with Gasteiger partial charge < -0.3 is 14.9 Å². The van der Waals surface area contributed by atoms with Gasteiger partial charge in [0, 0.05) is 12.6 Å². The molecule has 0 aliphatic heterocycles. The van der Waals surface area contributed by atoms with Crippen LogP contribution in [0.2, 0.25) is 0 Å². The molecule has 1 rings (SSSR count). The molecule has 0 saturated carbocycles. The van der Waals surface area contributed by atoms with Crippen molar-refractivity contribution in [2.45, 2.75) is 13.3 Å². The number of nitrogens with zero attached hydrogens (tertiary/aromatic N) is 1. The van der Waals surface area contributed by atoms with Crippen molar-refractivity contribution in [3.8, 4) is 0 Å². The molecule has 0 aliphatic carbocycles. The number of carbonyl (C=O) groups excluding carboxylic acids is 1. The van der Waals surface area contributed by atoms with Gasteiger partial charge >= 0.3 is 5.97 Å². The predicted molar refractivity (Wildman–Crippen MR) is 50.3 cm³/mol. The van der Waals surface area contributed by atoms with Gasteiger partial charge in [0.1, 0.15) is 0 Å². The largest absolute Gasteiger partial charge is 0.481 e. The van der Waals surface area contributed by atoms with Gasteiger partial charge in [-0.1, -0.05) is 12.1 Å². The Morgan fingerprint density at radius 2 is 2.40 bits per heavy atom. The number of carbonyl (C=O) groups is 2. The summed E-state index contributed by atoms with van der Waals surface area (Å²) in [6, 6.07) is 1.41. The van der Waals surface area contributed by atoms with Gasteiger partial charge in [0.05, 0.1) is 12.1 Å². The highest BCUT2D eigenvalue weighted by Gasteiger charge is 2.17. The number of aromatic nitrogens is 1. The van der Waals surface area contributed by atoms with Crippen LogP contribution in [0.1, 0.15) is 23.9 Å². The predicted octanol–water partition coefficient (Wildman–Crippen LogP) is 0.515. The van der Waals surface area contributed by atoms with Crippen molar-refractivity contribution in [1.82, 2.24) is 10.5 Å². The van der Waals surface area contributed by atoms with E-state index < -0.39 is 17.8 Å². The van der Waals surface area contributed by atoms with Crippen LogP contribution in [0.3, 0.4) is 0 Å². The fraction of sp³-hybridized carbons (Fsp3) is 0.444. The summed E-state index contributed by atoms with van der Waals surface area (Å²) in [4.78, 5) is 22.0. The normalized spacial score (nSPS) is 12.1. The van der Waals surface area contributed by atoms with Gasteiger partial charge in [-0.2, -0.15) is 0 Å². The molecule has 0 aliphatic rings. The Kier molecular flexibility index (Phi) is 3.84. The molecule has 0 bridgehead atoms. The highest BCUT2D eigenvalue weighted by Crippen LogP contribution is 2.02. The number of nitrogens with one attached hydrogen (secondary N) is 1. The zero-order chi connectivity index (χ0) is 11.3. The number of amides is 1. The van der Waals surface area contributed by atoms with Crippen LogP contribution < -0.4 is 5.32 Å². The third-order valence-electron chi connectivity index (χ3n) is 2.01. The van der Waals surface area contributed by atoms with Gasteiger partial charge in [-0.15, -0.1) is 0 Å². The molecule has 0 radical (unpaired) electrons. The Morgan fingerprint density at radius 1 is 1.67 bits per heavy atom. The number of carboxylic acid groups (broad SMARTS) is 1. The molecule has 1 unspecified atom stereocenters. The van der Waals surface area contributed by atoms with Gasteiger partial charge in [-0.05, 0) is 6.42 Å². The Balaban J connectivity index is 2.43. The first kappa shape index (κ1) is 11.2. The van der Waals surface area contributed by atoms with E-state index in [-0.39, 0.29) is 12.3 Å². The molecule has 1 amide bonds. The molecule has 1 heterocycles. The van der Waals surface area contributed by atoms with E-state index in [0.29, 0.717) is 6.42 Å². The second-order valence-corrected chi connectivity index (χ2v) is 3.03. The zero-order valence-electron chi connectivity index (χ0n) is 8.27. The summed E-state index contributed by atoms with van der Waals surface area (Å²) >= 11 is 0. The molecule has 1 atom stereocenters. The first-order valence-corrected chi connectivity index (χ1v) is 4.56. The molecule has 1 aromatic rings. The summed E-state index contributed by atoms with van der Waals surface area (Å²) in [5.41, 5.74) is 0. The quantitative estimate of drug-likeness (QED) is 0.742. The van der Waals surface area contributed by atoms with Gasteiger partial charge in [0.15, 0.2) is 0 Å². The first-order chi connectivity index (χ1) is 7.15. The molecule has 6 nitrogen and oxygen atoms in total. The molecule has 1 aromatic heterocycles. The van der Waals surface area contributed by atoms with E-state index in [1.165, 1.54) is 12.3 Å². The minimum atomic E-state index is -0.921. The lowest BCUT2D eigenvalue weighted by molar-refractivity contribution is -0.141. The van der Waals surface area contributed by atoms with Crippen LogP contribution in [-0.4, -0.2) is 28.7 Å². The van der Waals surface area contributed by atoms with Crippen LogP contribution in [0.25, 0.3) is 0 Å². The lowest BCUT2D eigenvalue weighted by atomic mass is 10.1. The molecular weight excluding hydrogens is 200 g/mol. The Bertz CT molecular complexity index is 334. The summed E-state index contributed by atoms with van der Waals surface area (Å²) in [7, 11) is 0. The summed E-state index contributed by atoms with van der Waals surface area (Å²) in [5.74, 6) is -1.87. The van der Waals surface area contributed by atoms with Crippen molar-refractivity contribution in [2.24, 2.45) is 5.92 Å². The first-order valence-electron chi connectivity index (χ1n) is 4.56. The minimum Gasteiger partial charge on any atom is -0.481 e. The third-order valence-corrected chi connectivity index (χ3v) is 2.01. The Hall–Kier alpha value is -1.85. The van der Waals surface area contributed by atoms with Crippen LogP contribution in [-0.2, 0) is 4.79 Å². The average Bonchev–Trinajstić information content (AvgIpc) is 2.70. The molecule has 0 saturated heterocycles. The Labute approximate surface area is 86.3 Å². The number of hydrogen-bond donors (Lipinski definition) is 2. The van der Waals surface area contributed by atoms with Gasteiger partial charge in [-0.25, -0.2) is 0 Å².